The standard InChI is InChI=1S/C9H12O/c1-4-8(3)6-9(5-2)7-10/h4-7H,2H2,1,3H3/b8-4-,9-6+. The summed E-state index contributed by atoms with van der Waals surface area (Å²) in [7, 11) is 0. The lowest BCUT2D eigenvalue weighted by molar-refractivity contribution is -0.104. The molecule has 0 N–H and O–H groups in total. The van der Waals surface area contributed by atoms with E-state index in [1.807, 2.05) is 19.9 Å². The van der Waals surface area contributed by atoms with Gasteiger partial charge in [-0.05, 0) is 19.9 Å². The molecule has 0 fully saturated rings. The van der Waals surface area contributed by atoms with Gasteiger partial charge in [0.2, 0.25) is 0 Å². The van der Waals surface area contributed by atoms with E-state index in [0.717, 1.165) is 11.9 Å². The molecular weight excluding hydrogens is 124 g/mol. The van der Waals surface area contributed by atoms with Crippen molar-refractivity contribution in [2.24, 2.45) is 0 Å². The topological polar surface area (TPSA) is 17.1 Å². The third kappa shape index (κ3) is 3.02. The van der Waals surface area contributed by atoms with Crippen LogP contribution in [-0.2, 0) is 4.79 Å². The number of rotatable bonds is 3. The highest BCUT2D eigenvalue weighted by Crippen LogP contribution is 1.99. The maximum absolute atomic E-state index is 10.2. The number of hydrogen-bond acceptors (Lipinski definition) is 1. The van der Waals surface area contributed by atoms with Crippen LogP contribution >= 0.6 is 0 Å². The predicted octanol–water partition coefficient (Wildman–Crippen LogP) is 2.26. The highest BCUT2D eigenvalue weighted by molar-refractivity contribution is 5.78. The third-order valence-electron chi connectivity index (χ3n) is 1.22. The van der Waals surface area contributed by atoms with Crippen molar-refractivity contribution in [2.75, 3.05) is 0 Å². The molecule has 0 aromatic heterocycles. The monoisotopic (exact) mass is 136 g/mol. The van der Waals surface area contributed by atoms with Crippen molar-refractivity contribution in [3.05, 3.63) is 36.0 Å². The summed E-state index contributed by atoms with van der Waals surface area (Å²) in [6.45, 7) is 7.36. The summed E-state index contributed by atoms with van der Waals surface area (Å²) in [5.74, 6) is 0. The Morgan fingerprint density at radius 1 is 1.50 bits per heavy atom. The molecule has 0 unspecified atom stereocenters. The normalized spacial score (nSPS) is 13.0. The lowest BCUT2D eigenvalue weighted by Crippen LogP contribution is -1.78. The van der Waals surface area contributed by atoms with E-state index < -0.39 is 0 Å². The molecule has 0 aliphatic carbocycles. The molecule has 0 rings (SSSR count). The quantitative estimate of drug-likeness (QED) is 0.330. The first-order valence-electron chi connectivity index (χ1n) is 3.16. The summed E-state index contributed by atoms with van der Waals surface area (Å²) in [6, 6.07) is 0. The minimum atomic E-state index is 0.621. The molecular formula is C9H12O. The van der Waals surface area contributed by atoms with Crippen LogP contribution in [0.15, 0.2) is 36.0 Å². The lowest BCUT2D eigenvalue weighted by Gasteiger charge is -1.89. The Balaban J connectivity index is 4.39. The first-order chi connectivity index (χ1) is 4.74. The van der Waals surface area contributed by atoms with Crippen LogP contribution in [0.25, 0.3) is 0 Å². The van der Waals surface area contributed by atoms with Crippen LogP contribution in [-0.4, -0.2) is 6.29 Å². The Morgan fingerprint density at radius 3 is 2.40 bits per heavy atom. The molecule has 0 aromatic rings. The second-order valence-electron chi connectivity index (χ2n) is 2.00. The van der Waals surface area contributed by atoms with E-state index in [-0.39, 0.29) is 0 Å². The Hall–Kier alpha value is -1.11. The molecule has 0 amide bonds. The number of allylic oxidation sites excluding steroid dienone is 5. The zero-order chi connectivity index (χ0) is 7.98. The minimum Gasteiger partial charge on any atom is -0.298 e. The summed E-state index contributed by atoms with van der Waals surface area (Å²) in [5, 5.41) is 0. The SMILES string of the molecule is C=C/C(C=O)=C\C(C)=C/C. The zero-order valence-electron chi connectivity index (χ0n) is 6.42. The van der Waals surface area contributed by atoms with Gasteiger partial charge in [-0.2, -0.15) is 0 Å². The highest BCUT2D eigenvalue weighted by atomic mass is 16.1. The molecule has 0 atom stereocenters. The van der Waals surface area contributed by atoms with Gasteiger partial charge in [0.1, 0.15) is 6.29 Å². The second-order valence-corrected chi connectivity index (χ2v) is 2.00. The maximum Gasteiger partial charge on any atom is 0.150 e. The lowest BCUT2D eigenvalue weighted by atomic mass is 10.2. The van der Waals surface area contributed by atoms with Crippen LogP contribution in [0.5, 0.6) is 0 Å². The van der Waals surface area contributed by atoms with Crippen LogP contribution in [0.4, 0.5) is 0 Å². The smallest absolute Gasteiger partial charge is 0.150 e. The summed E-state index contributed by atoms with van der Waals surface area (Å²) >= 11 is 0. The maximum atomic E-state index is 10.2. The minimum absolute atomic E-state index is 0.621. The van der Waals surface area contributed by atoms with Gasteiger partial charge in [-0.25, -0.2) is 0 Å². The third-order valence-corrected chi connectivity index (χ3v) is 1.22. The Labute approximate surface area is 61.8 Å². The first kappa shape index (κ1) is 8.89. The first-order valence-corrected chi connectivity index (χ1v) is 3.16. The molecule has 0 aliphatic heterocycles. The number of carbonyl (C=O) groups excluding carboxylic acids is 1. The van der Waals surface area contributed by atoms with E-state index in [1.54, 1.807) is 12.2 Å². The van der Waals surface area contributed by atoms with Crippen molar-refractivity contribution in [3.63, 3.8) is 0 Å². The summed E-state index contributed by atoms with van der Waals surface area (Å²) in [6.07, 6.45) is 6.06. The molecule has 0 aliphatic rings. The van der Waals surface area contributed by atoms with E-state index in [0.29, 0.717) is 5.57 Å². The van der Waals surface area contributed by atoms with Crippen LogP contribution in [0.3, 0.4) is 0 Å². The van der Waals surface area contributed by atoms with Gasteiger partial charge < -0.3 is 0 Å². The fraction of sp³-hybridized carbons (Fsp3) is 0.222. The van der Waals surface area contributed by atoms with Gasteiger partial charge in [0, 0.05) is 5.57 Å². The van der Waals surface area contributed by atoms with E-state index >= 15 is 0 Å². The fourth-order valence-corrected chi connectivity index (χ4v) is 0.487. The van der Waals surface area contributed by atoms with Crippen molar-refractivity contribution in [1.29, 1.82) is 0 Å². The van der Waals surface area contributed by atoms with E-state index in [2.05, 4.69) is 6.58 Å². The molecule has 0 saturated heterocycles. The van der Waals surface area contributed by atoms with E-state index in [9.17, 15) is 4.79 Å². The predicted molar refractivity (Wildman–Crippen MR) is 43.8 cm³/mol. The van der Waals surface area contributed by atoms with Gasteiger partial charge in [0.15, 0.2) is 0 Å². The van der Waals surface area contributed by atoms with Gasteiger partial charge in [0.05, 0.1) is 0 Å². The molecule has 0 heterocycles. The molecule has 10 heavy (non-hydrogen) atoms. The summed E-state index contributed by atoms with van der Waals surface area (Å²) < 4.78 is 0. The number of hydrogen-bond donors (Lipinski definition) is 0. The van der Waals surface area contributed by atoms with E-state index in [4.69, 9.17) is 0 Å². The Morgan fingerprint density at radius 2 is 2.10 bits per heavy atom. The number of carbonyl (C=O) groups is 1. The van der Waals surface area contributed by atoms with Crippen LogP contribution in [0.1, 0.15) is 13.8 Å². The average molecular weight is 136 g/mol. The van der Waals surface area contributed by atoms with Gasteiger partial charge in [-0.3, -0.25) is 4.79 Å². The molecule has 0 saturated carbocycles. The molecule has 0 bridgehead atoms. The number of aldehydes is 1. The van der Waals surface area contributed by atoms with Crippen LogP contribution in [0, 0.1) is 0 Å². The van der Waals surface area contributed by atoms with Crippen LogP contribution in [0.2, 0.25) is 0 Å². The summed E-state index contributed by atoms with van der Waals surface area (Å²) in [4.78, 5) is 10.2. The van der Waals surface area contributed by atoms with Crippen molar-refractivity contribution < 1.29 is 4.79 Å². The molecule has 1 heteroatoms. The van der Waals surface area contributed by atoms with Crippen molar-refractivity contribution in [2.45, 2.75) is 13.8 Å². The van der Waals surface area contributed by atoms with Gasteiger partial charge >= 0.3 is 0 Å². The Kier molecular flexibility index (Phi) is 4.21. The largest absolute Gasteiger partial charge is 0.298 e. The Bertz CT molecular complexity index is 175. The molecule has 0 spiro atoms. The van der Waals surface area contributed by atoms with Gasteiger partial charge in [-0.15, -0.1) is 0 Å². The molecule has 0 radical (unpaired) electrons. The van der Waals surface area contributed by atoms with Gasteiger partial charge in [0.25, 0.3) is 0 Å². The van der Waals surface area contributed by atoms with Crippen LogP contribution < -0.4 is 0 Å². The zero-order valence-corrected chi connectivity index (χ0v) is 6.42. The second kappa shape index (κ2) is 4.74. The fourth-order valence-electron chi connectivity index (χ4n) is 0.487. The van der Waals surface area contributed by atoms with Crippen molar-refractivity contribution in [3.8, 4) is 0 Å². The van der Waals surface area contributed by atoms with Crippen molar-refractivity contribution in [1.82, 2.24) is 0 Å². The molecule has 1 nitrogen and oxygen atoms in total. The van der Waals surface area contributed by atoms with Gasteiger partial charge in [-0.1, -0.05) is 24.3 Å². The molecule has 54 valence electrons. The summed E-state index contributed by atoms with van der Waals surface area (Å²) in [5.41, 5.74) is 1.69. The molecule has 0 aromatic carbocycles. The van der Waals surface area contributed by atoms with Crippen molar-refractivity contribution >= 4 is 6.29 Å². The average Bonchev–Trinajstić information content (AvgIpc) is 1.99. The van der Waals surface area contributed by atoms with E-state index in [1.165, 1.54) is 0 Å². The highest BCUT2D eigenvalue weighted by Gasteiger charge is 1.85.